The number of hydrogen-bond acceptors (Lipinski definition) is 4. The first-order valence-electron chi connectivity index (χ1n) is 7.38. The molecule has 106 valence electrons. The molecule has 4 nitrogen and oxygen atoms in total. The summed E-state index contributed by atoms with van der Waals surface area (Å²) in [6.45, 7) is 0.234. The first kappa shape index (κ1) is 12.1. The van der Waals surface area contributed by atoms with Gasteiger partial charge < -0.3 is 14.2 Å². The molecule has 4 rings (SSSR count). The maximum absolute atomic E-state index is 12.1. The Balaban J connectivity index is 1.38. The van der Waals surface area contributed by atoms with Gasteiger partial charge in [-0.05, 0) is 49.1 Å². The van der Waals surface area contributed by atoms with E-state index in [9.17, 15) is 4.79 Å². The van der Waals surface area contributed by atoms with Gasteiger partial charge in [-0.2, -0.15) is 0 Å². The molecule has 0 amide bonds. The van der Waals surface area contributed by atoms with Crippen molar-refractivity contribution in [3.05, 3.63) is 18.2 Å². The van der Waals surface area contributed by atoms with Crippen molar-refractivity contribution < 1.29 is 19.0 Å². The average molecular weight is 274 g/mol. The van der Waals surface area contributed by atoms with Gasteiger partial charge in [0.2, 0.25) is 6.79 Å². The van der Waals surface area contributed by atoms with Crippen molar-refractivity contribution in [1.29, 1.82) is 0 Å². The number of rotatable bonds is 3. The van der Waals surface area contributed by atoms with Crippen molar-refractivity contribution in [1.82, 2.24) is 0 Å². The summed E-state index contributed by atoms with van der Waals surface area (Å²) in [5.41, 5.74) is 0. The van der Waals surface area contributed by atoms with Crippen molar-refractivity contribution in [3.8, 4) is 17.2 Å². The van der Waals surface area contributed by atoms with E-state index < -0.39 is 0 Å². The molecule has 1 heterocycles. The molecule has 1 aliphatic heterocycles. The minimum atomic E-state index is -0.124. The van der Waals surface area contributed by atoms with E-state index in [2.05, 4.69) is 0 Å². The SMILES string of the molecule is O=C(C[C@H]1C[C@H]2CC[C@@H]1C2)Oc1ccc2c(c1)OCO2. The molecule has 1 aromatic rings. The van der Waals surface area contributed by atoms with Crippen LogP contribution in [-0.4, -0.2) is 12.8 Å². The second kappa shape index (κ2) is 4.69. The third-order valence-corrected chi connectivity index (χ3v) is 4.89. The van der Waals surface area contributed by atoms with Gasteiger partial charge in [0.15, 0.2) is 11.5 Å². The van der Waals surface area contributed by atoms with E-state index in [4.69, 9.17) is 14.2 Å². The quantitative estimate of drug-likeness (QED) is 0.627. The van der Waals surface area contributed by atoms with E-state index in [1.54, 1.807) is 18.2 Å². The Hall–Kier alpha value is -1.71. The summed E-state index contributed by atoms with van der Waals surface area (Å²) in [5, 5.41) is 0. The second-order valence-corrected chi connectivity index (χ2v) is 6.13. The molecule has 0 spiro atoms. The molecule has 2 bridgehead atoms. The molecule has 20 heavy (non-hydrogen) atoms. The second-order valence-electron chi connectivity index (χ2n) is 6.13. The first-order chi connectivity index (χ1) is 9.78. The van der Waals surface area contributed by atoms with Gasteiger partial charge in [-0.3, -0.25) is 4.79 Å². The van der Waals surface area contributed by atoms with E-state index in [0.717, 1.165) is 11.8 Å². The molecule has 0 unspecified atom stereocenters. The summed E-state index contributed by atoms with van der Waals surface area (Å²) in [7, 11) is 0. The fourth-order valence-electron chi connectivity index (χ4n) is 3.95. The van der Waals surface area contributed by atoms with Crippen LogP contribution in [0.25, 0.3) is 0 Å². The lowest BCUT2D eigenvalue weighted by molar-refractivity contribution is -0.135. The zero-order valence-electron chi connectivity index (χ0n) is 11.3. The van der Waals surface area contributed by atoms with Crippen molar-refractivity contribution in [2.24, 2.45) is 17.8 Å². The Labute approximate surface area is 118 Å². The van der Waals surface area contributed by atoms with Crippen LogP contribution in [0.3, 0.4) is 0 Å². The van der Waals surface area contributed by atoms with Crippen molar-refractivity contribution in [2.45, 2.75) is 32.1 Å². The first-order valence-corrected chi connectivity index (χ1v) is 7.38. The highest BCUT2D eigenvalue weighted by Crippen LogP contribution is 2.49. The molecular weight excluding hydrogens is 256 g/mol. The number of hydrogen-bond donors (Lipinski definition) is 0. The molecule has 3 aliphatic rings. The molecule has 2 aliphatic carbocycles. The van der Waals surface area contributed by atoms with Crippen LogP contribution in [0.2, 0.25) is 0 Å². The smallest absolute Gasteiger partial charge is 0.311 e. The van der Waals surface area contributed by atoms with Gasteiger partial charge in [0.25, 0.3) is 0 Å². The zero-order chi connectivity index (χ0) is 13.5. The van der Waals surface area contributed by atoms with Gasteiger partial charge in [0, 0.05) is 12.5 Å². The number of esters is 1. The van der Waals surface area contributed by atoms with Crippen LogP contribution < -0.4 is 14.2 Å². The number of carbonyl (C=O) groups excluding carboxylic acids is 1. The van der Waals surface area contributed by atoms with E-state index in [1.165, 1.54) is 25.7 Å². The highest BCUT2D eigenvalue weighted by atomic mass is 16.7. The maximum Gasteiger partial charge on any atom is 0.311 e. The van der Waals surface area contributed by atoms with E-state index in [0.29, 0.717) is 29.6 Å². The lowest BCUT2D eigenvalue weighted by atomic mass is 9.86. The topological polar surface area (TPSA) is 44.8 Å². The molecule has 1 aromatic carbocycles. The van der Waals surface area contributed by atoms with Crippen LogP contribution in [-0.2, 0) is 4.79 Å². The molecule has 2 fully saturated rings. The van der Waals surface area contributed by atoms with Crippen LogP contribution in [0.15, 0.2) is 18.2 Å². The summed E-state index contributed by atoms with van der Waals surface area (Å²) < 4.78 is 16.0. The summed E-state index contributed by atoms with van der Waals surface area (Å²) in [6.07, 6.45) is 5.74. The molecule has 0 radical (unpaired) electrons. The summed E-state index contributed by atoms with van der Waals surface area (Å²) in [4.78, 5) is 12.1. The predicted octanol–water partition coefficient (Wildman–Crippen LogP) is 3.15. The van der Waals surface area contributed by atoms with Crippen molar-refractivity contribution in [2.75, 3.05) is 6.79 Å². The molecule has 0 saturated heterocycles. The van der Waals surface area contributed by atoms with Crippen molar-refractivity contribution >= 4 is 5.97 Å². The minimum absolute atomic E-state index is 0.124. The molecule has 2 saturated carbocycles. The Morgan fingerprint density at radius 3 is 2.90 bits per heavy atom. The monoisotopic (exact) mass is 274 g/mol. The van der Waals surface area contributed by atoms with E-state index in [-0.39, 0.29) is 12.8 Å². The van der Waals surface area contributed by atoms with Crippen LogP contribution in [0.1, 0.15) is 32.1 Å². The van der Waals surface area contributed by atoms with Gasteiger partial charge in [0.05, 0.1) is 0 Å². The molecular formula is C16H18O4. The Bertz CT molecular complexity index is 539. The Morgan fingerprint density at radius 1 is 1.20 bits per heavy atom. The third kappa shape index (κ3) is 2.13. The molecule has 4 heteroatoms. The lowest BCUT2D eigenvalue weighted by Crippen LogP contribution is -2.18. The average Bonchev–Trinajstić information content (AvgIpc) is 3.13. The van der Waals surface area contributed by atoms with Gasteiger partial charge in [0.1, 0.15) is 5.75 Å². The summed E-state index contributed by atoms with van der Waals surface area (Å²) in [5.74, 6) is 3.93. The van der Waals surface area contributed by atoms with Crippen LogP contribution in [0.4, 0.5) is 0 Å². The highest BCUT2D eigenvalue weighted by molar-refractivity contribution is 5.73. The van der Waals surface area contributed by atoms with Gasteiger partial charge in [-0.1, -0.05) is 6.42 Å². The largest absolute Gasteiger partial charge is 0.454 e. The van der Waals surface area contributed by atoms with Crippen molar-refractivity contribution in [3.63, 3.8) is 0 Å². The molecule has 0 N–H and O–H groups in total. The van der Waals surface area contributed by atoms with Crippen LogP contribution >= 0.6 is 0 Å². The normalized spacial score (nSPS) is 29.7. The fourth-order valence-corrected chi connectivity index (χ4v) is 3.95. The van der Waals surface area contributed by atoms with E-state index in [1.807, 2.05) is 0 Å². The maximum atomic E-state index is 12.1. The summed E-state index contributed by atoms with van der Waals surface area (Å²) in [6, 6.07) is 5.26. The van der Waals surface area contributed by atoms with Crippen LogP contribution in [0, 0.1) is 17.8 Å². The standard InChI is InChI=1S/C16H18O4/c17-16(7-12-6-10-1-2-11(12)5-10)20-13-3-4-14-15(8-13)19-9-18-14/h3-4,8,10-12H,1-2,5-7,9H2/t10-,11+,12+/m0/s1. The zero-order valence-corrected chi connectivity index (χ0v) is 11.3. The van der Waals surface area contributed by atoms with E-state index >= 15 is 0 Å². The lowest BCUT2D eigenvalue weighted by Gasteiger charge is -2.20. The van der Waals surface area contributed by atoms with Gasteiger partial charge >= 0.3 is 5.97 Å². The Morgan fingerprint density at radius 2 is 2.10 bits per heavy atom. The van der Waals surface area contributed by atoms with Crippen LogP contribution in [0.5, 0.6) is 17.2 Å². The number of ether oxygens (including phenoxy) is 3. The predicted molar refractivity (Wildman–Crippen MR) is 71.8 cm³/mol. The van der Waals surface area contributed by atoms with Gasteiger partial charge in [-0.15, -0.1) is 0 Å². The summed E-state index contributed by atoms with van der Waals surface area (Å²) >= 11 is 0. The number of benzene rings is 1. The fraction of sp³-hybridized carbons (Fsp3) is 0.562. The molecule has 0 aromatic heterocycles. The number of fused-ring (bicyclic) bond motifs is 3. The Kier molecular flexibility index (Phi) is 2.83. The highest BCUT2D eigenvalue weighted by Gasteiger charge is 2.40. The third-order valence-electron chi connectivity index (χ3n) is 4.89. The molecule has 3 atom stereocenters. The van der Waals surface area contributed by atoms with Gasteiger partial charge in [-0.25, -0.2) is 0 Å². The minimum Gasteiger partial charge on any atom is -0.454 e. The number of carbonyl (C=O) groups is 1.